The number of hydrogen-bond acceptors (Lipinski definition) is 3. The number of rotatable bonds is 0. The van der Waals surface area contributed by atoms with Crippen molar-refractivity contribution in [3.63, 3.8) is 0 Å². The molecule has 2 rings (SSSR count). The minimum absolute atomic E-state index is 0.131. The van der Waals surface area contributed by atoms with Crippen LogP contribution in [0.1, 0.15) is 5.56 Å². The zero-order valence-corrected chi connectivity index (χ0v) is 8.76. The van der Waals surface area contributed by atoms with Crippen LogP contribution in [-0.2, 0) is 0 Å². The Morgan fingerprint density at radius 2 is 1.56 bits per heavy atom. The molecule has 16 heavy (non-hydrogen) atoms. The molecule has 0 atom stereocenters. The van der Waals surface area contributed by atoms with Gasteiger partial charge in [0, 0.05) is 0 Å². The van der Waals surface area contributed by atoms with Gasteiger partial charge in [-0.1, -0.05) is 30.3 Å². The fraction of sp³-hybridized carbons (Fsp3) is 0.0909. The average molecular weight is 222 g/mol. The van der Waals surface area contributed by atoms with Crippen LogP contribution in [0.4, 0.5) is 4.39 Å². The number of hydrogen-bond donors (Lipinski definition) is 3. The van der Waals surface area contributed by atoms with Gasteiger partial charge < -0.3 is 15.1 Å². The highest BCUT2D eigenvalue weighted by atomic mass is 19.1. The van der Waals surface area contributed by atoms with Gasteiger partial charge in [-0.15, -0.1) is 0 Å². The third kappa shape index (κ3) is 3.31. The molecule has 0 bridgehead atoms. The van der Waals surface area contributed by atoms with Crippen LogP contribution < -0.4 is 0 Å². The molecule has 0 aliphatic rings. The maximum atomic E-state index is 13.0. The Labute approximate surface area is 93.0 Å². The molecular formula is C11H12BFO3. The molecule has 3 N–H and O–H groups in total. The maximum Gasteiger partial charge on any atom is 0.631 e. The van der Waals surface area contributed by atoms with E-state index in [0.29, 0.717) is 0 Å². The smallest absolute Gasteiger partial charge is 0.402 e. The van der Waals surface area contributed by atoms with Crippen molar-refractivity contribution in [1.29, 1.82) is 0 Å². The minimum atomic E-state index is -2.17. The normalized spacial score (nSPS) is 9.56. The van der Waals surface area contributed by atoms with Crippen LogP contribution in [0.3, 0.4) is 0 Å². The molecule has 2 aromatic rings. The van der Waals surface area contributed by atoms with Gasteiger partial charge in [0.25, 0.3) is 0 Å². The van der Waals surface area contributed by atoms with Gasteiger partial charge in [0.2, 0.25) is 0 Å². The molecule has 0 saturated heterocycles. The van der Waals surface area contributed by atoms with Crippen molar-refractivity contribution in [3.8, 4) is 0 Å². The molecule has 0 aromatic heterocycles. The third-order valence-corrected chi connectivity index (χ3v) is 2.13. The lowest BCUT2D eigenvalue weighted by Gasteiger charge is -2.01. The van der Waals surface area contributed by atoms with Gasteiger partial charge in [0.05, 0.1) is 0 Å². The summed E-state index contributed by atoms with van der Waals surface area (Å²) in [6.45, 7) is 1.80. The van der Waals surface area contributed by atoms with Gasteiger partial charge in [-0.05, 0) is 29.3 Å². The number of aryl methyl sites for hydroxylation is 1. The summed E-state index contributed by atoms with van der Waals surface area (Å²) in [6, 6.07) is 11.1. The molecule has 0 fully saturated rings. The van der Waals surface area contributed by atoms with Crippen molar-refractivity contribution in [2.24, 2.45) is 0 Å². The molecule has 0 heterocycles. The van der Waals surface area contributed by atoms with E-state index in [0.717, 1.165) is 16.3 Å². The molecule has 2 aromatic carbocycles. The SMILES string of the molecule is Cc1c(F)ccc2ccccc12.OB(O)O. The largest absolute Gasteiger partial charge is 0.631 e. The van der Waals surface area contributed by atoms with Crippen LogP contribution in [0.5, 0.6) is 0 Å². The molecule has 0 spiro atoms. The first-order valence-corrected chi connectivity index (χ1v) is 4.70. The van der Waals surface area contributed by atoms with E-state index >= 15 is 0 Å². The summed E-state index contributed by atoms with van der Waals surface area (Å²) < 4.78 is 13.0. The Bertz CT molecular complexity index is 471. The zero-order chi connectivity index (χ0) is 12.1. The van der Waals surface area contributed by atoms with Crippen LogP contribution >= 0.6 is 0 Å². The van der Waals surface area contributed by atoms with E-state index in [2.05, 4.69) is 0 Å². The van der Waals surface area contributed by atoms with Crippen molar-refractivity contribution >= 4 is 18.1 Å². The van der Waals surface area contributed by atoms with E-state index in [4.69, 9.17) is 15.1 Å². The maximum absolute atomic E-state index is 13.0. The van der Waals surface area contributed by atoms with Crippen LogP contribution in [0.2, 0.25) is 0 Å². The van der Waals surface area contributed by atoms with E-state index in [1.807, 2.05) is 24.3 Å². The summed E-state index contributed by atoms with van der Waals surface area (Å²) in [7, 11) is -2.17. The monoisotopic (exact) mass is 222 g/mol. The Kier molecular flexibility index (Phi) is 4.43. The second-order valence-electron chi connectivity index (χ2n) is 3.24. The summed E-state index contributed by atoms with van der Waals surface area (Å²) in [4.78, 5) is 0. The highest BCUT2D eigenvalue weighted by Crippen LogP contribution is 2.19. The van der Waals surface area contributed by atoms with Crippen LogP contribution in [0.25, 0.3) is 10.8 Å². The van der Waals surface area contributed by atoms with Gasteiger partial charge in [0.15, 0.2) is 0 Å². The predicted octanol–water partition coefficient (Wildman–Crippen LogP) is 1.24. The molecule has 0 aliphatic heterocycles. The first-order valence-electron chi connectivity index (χ1n) is 4.70. The van der Waals surface area contributed by atoms with Crippen molar-refractivity contribution in [2.45, 2.75) is 6.92 Å². The van der Waals surface area contributed by atoms with Crippen LogP contribution in [0, 0.1) is 12.7 Å². The van der Waals surface area contributed by atoms with Gasteiger partial charge in [0.1, 0.15) is 5.82 Å². The summed E-state index contributed by atoms with van der Waals surface area (Å²) in [5.41, 5.74) is 0.730. The minimum Gasteiger partial charge on any atom is -0.402 e. The molecule has 0 amide bonds. The van der Waals surface area contributed by atoms with E-state index in [1.165, 1.54) is 6.07 Å². The summed E-state index contributed by atoms with van der Waals surface area (Å²) in [6.07, 6.45) is 0. The second-order valence-corrected chi connectivity index (χ2v) is 3.24. The van der Waals surface area contributed by atoms with E-state index < -0.39 is 7.32 Å². The number of fused-ring (bicyclic) bond motifs is 1. The summed E-state index contributed by atoms with van der Waals surface area (Å²) >= 11 is 0. The van der Waals surface area contributed by atoms with Crippen molar-refractivity contribution < 1.29 is 19.5 Å². The molecule has 0 saturated carbocycles. The fourth-order valence-corrected chi connectivity index (χ4v) is 1.40. The second kappa shape index (κ2) is 5.60. The van der Waals surface area contributed by atoms with Crippen molar-refractivity contribution in [1.82, 2.24) is 0 Å². The quantitative estimate of drug-likeness (QED) is 0.587. The lowest BCUT2D eigenvalue weighted by Crippen LogP contribution is -2.07. The molecule has 0 unspecified atom stereocenters. The summed E-state index contributed by atoms with van der Waals surface area (Å²) in [5, 5.41) is 23.6. The zero-order valence-electron chi connectivity index (χ0n) is 8.76. The Morgan fingerprint density at radius 1 is 1.00 bits per heavy atom. The molecule has 0 aliphatic carbocycles. The fourth-order valence-electron chi connectivity index (χ4n) is 1.40. The number of benzene rings is 2. The molecular weight excluding hydrogens is 210 g/mol. The Hall–Kier alpha value is -1.43. The molecule has 5 heteroatoms. The van der Waals surface area contributed by atoms with Gasteiger partial charge >= 0.3 is 7.32 Å². The van der Waals surface area contributed by atoms with Crippen molar-refractivity contribution in [2.75, 3.05) is 0 Å². The molecule has 0 radical (unpaired) electrons. The van der Waals surface area contributed by atoms with Crippen LogP contribution in [0.15, 0.2) is 36.4 Å². The first kappa shape index (κ1) is 12.6. The molecule has 84 valence electrons. The molecule has 3 nitrogen and oxygen atoms in total. The first-order chi connectivity index (χ1) is 7.52. The van der Waals surface area contributed by atoms with Gasteiger partial charge in [-0.2, -0.15) is 0 Å². The lowest BCUT2D eigenvalue weighted by molar-refractivity contribution is 0.278. The third-order valence-electron chi connectivity index (χ3n) is 2.13. The van der Waals surface area contributed by atoms with E-state index in [1.54, 1.807) is 13.0 Å². The van der Waals surface area contributed by atoms with E-state index in [-0.39, 0.29) is 5.82 Å². The Balaban J connectivity index is 0.000000280. The Morgan fingerprint density at radius 3 is 2.19 bits per heavy atom. The summed E-state index contributed by atoms with van der Waals surface area (Å²) in [5.74, 6) is -0.131. The number of halogens is 1. The lowest BCUT2D eigenvalue weighted by atomic mass is 10.1. The highest BCUT2D eigenvalue weighted by molar-refractivity contribution is 6.30. The average Bonchev–Trinajstić information content (AvgIpc) is 2.23. The van der Waals surface area contributed by atoms with Gasteiger partial charge in [-0.3, -0.25) is 0 Å². The van der Waals surface area contributed by atoms with Gasteiger partial charge in [-0.25, -0.2) is 4.39 Å². The highest BCUT2D eigenvalue weighted by Gasteiger charge is 2.00. The van der Waals surface area contributed by atoms with E-state index in [9.17, 15) is 4.39 Å². The van der Waals surface area contributed by atoms with Crippen molar-refractivity contribution in [3.05, 3.63) is 47.8 Å². The van der Waals surface area contributed by atoms with Crippen LogP contribution in [-0.4, -0.2) is 22.4 Å². The topological polar surface area (TPSA) is 60.7 Å². The standard InChI is InChI=1S/C11H9F.BH3O3/c1-8-10-5-3-2-4-9(10)6-7-11(8)12;2-1(3)4/h2-7H,1H3;2-4H. The predicted molar refractivity (Wildman–Crippen MR) is 61.1 cm³/mol.